The summed E-state index contributed by atoms with van der Waals surface area (Å²) in [4.78, 5) is 26.0. The number of hydrogen-bond donors (Lipinski definition) is 1. The second-order valence-electron chi connectivity index (χ2n) is 7.86. The fourth-order valence-corrected chi connectivity index (χ4v) is 4.92. The topological polar surface area (TPSA) is 77.1 Å². The molecule has 1 aliphatic heterocycles. The lowest BCUT2D eigenvalue weighted by Gasteiger charge is -2.15. The van der Waals surface area contributed by atoms with Gasteiger partial charge in [0.15, 0.2) is 15.8 Å². The largest absolute Gasteiger partial charge is 0.497 e. The van der Waals surface area contributed by atoms with Gasteiger partial charge in [-0.2, -0.15) is 5.01 Å². The van der Waals surface area contributed by atoms with Gasteiger partial charge in [-0.25, -0.2) is 0 Å². The molecule has 0 aliphatic carbocycles. The van der Waals surface area contributed by atoms with Gasteiger partial charge in [-0.3, -0.25) is 15.0 Å². The van der Waals surface area contributed by atoms with Crippen LogP contribution in [0.15, 0.2) is 65.6 Å². The molecule has 0 unspecified atom stereocenters. The minimum atomic E-state index is -0.465. The van der Waals surface area contributed by atoms with Crippen molar-refractivity contribution in [1.29, 1.82) is 0 Å². The highest BCUT2D eigenvalue weighted by Crippen LogP contribution is 2.35. The zero-order chi connectivity index (χ0) is 27.2. The smallest absolute Gasteiger partial charge is 0.285 e. The van der Waals surface area contributed by atoms with E-state index in [9.17, 15) is 9.59 Å². The molecule has 7 nitrogen and oxygen atoms in total. The number of amides is 2. The number of carbonyl (C=O) groups excluding carboxylic acids is 2. The number of methoxy groups -OCH3 is 1. The summed E-state index contributed by atoms with van der Waals surface area (Å²) in [5.74, 6) is 0.776. The van der Waals surface area contributed by atoms with E-state index >= 15 is 0 Å². The van der Waals surface area contributed by atoms with Crippen molar-refractivity contribution < 1.29 is 23.8 Å². The van der Waals surface area contributed by atoms with Gasteiger partial charge in [0, 0.05) is 5.56 Å². The molecular formula is C27H22Cl2N2O5S2. The lowest BCUT2D eigenvalue weighted by atomic mass is 10.1. The first kappa shape index (κ1) is 27.8. The number of thioether (sulfide) groups is 1. The molecule has 1 N–H and O–H groups in total. The Morgan fingerprint density at radius 1 is 1.03 bits per heavy atom. The van der Waals surface area contributed by atoms with Crippen LogP contribution in [0, 0.1) is 0 Å². The van der Waals surface area contributed by atoms with Crippen LogP contribution in [0.3, 0.4) is 0 Å². The zero-order valence-corrected chi connectivity index (χ0v) is 23.5. The Morgan fingerprint density at radius 3 is 2.47 bits per heavy atom. The maximum atomic E-state index is 13.0. The average molecular weight is 590 g/mol. The first-order valence-corrected chi connectivity index (χ1v) is 13.3. The van der Waals surface area contributed by atoms with Crippen molar-refractivity contribution >= 4 is 69.4 Å². The van der Waals surface area contributed by atoms with Crippen LogP contribution in [-0.2, 0) is 11.4 Å². The SMILES string of the molecule is CCOc1cc(/C=C2/SC(=S)N(NC(=O)c3ccc(OC)cc3)C2=O)ccc1OCc1ccc(Cl)c(Cl)c1. The van der Waals surface area contributed by atoms with Crippen LogP contribution in [0.1, 0.15) is 28.4 Å². The summed E-state index contributed by atoms with van der Waals surface area (Å²) >= 11 is 18.5. The Kier molecular flexibility index (Phi) is 9.17. The Morgan fingerprint density at radius 2 is 1.79 bits per heavy atom. The van der Waals surface area contributed by atoms with Gasteiger partial charge in [-0.1, -0.05) is 47.1 Å². The third kappa shape index (κ3) is 6.60. The van der Waals surface area contributed by atoms with Crippen molar-refractivity contribution in [3.05, 3.63) is 92.3 Å². The van der Waals surface area contributed by atoms with Crippen LogP contribution in [0.4, 0.5) is 0 Å². The van der Waals surface area contributed by atoms with Crippen molar-refractivity contribution in [1.82, 2.24) is 10.4 Å². The molecule has 0 atom stereocenters. The van der Waals surface area contributed by atoms with E-state index in [-0.39, 0.29) is 10.9 Å². The average Bonchev–Trinajstić information content (AvgIpc) is 3.17. The van der Waals surface area contributed by atoms with Crippen molar-refractivity contribution in [2.75, 3.05) is 13.7 Å². The number of hydrazine groups is 1. The van der Waals surface area contributed by atoms with E-state index in [4.69, 9.17) is 49.6 Å². The van der Waals surface area contributed by atoms with Gasteiger partial charge in [-0.15, -0.1) is 0 Å². The summed E-state index contributed by atoms with van der Waals surface area (Å²) in [7, 11) is 1.54. The summed E-state index contributed by atoms with van der Waals surface area (Å²) in [6.07, 6.45) is 1.68. The van der Waals surface area contributed by atoms with E-state index in [1.807, 2.05) is 13.0 Å². The molecule has 1 heterocycles. The summed E-state index contributed by atoms with van der Waals surface area (Å²) in [5, 5.41) is 1.99. The first-order valence-electron chi connectivity index (χ1n) is 11.4. The van der Waals surface area contributed by atoms with E-state index in [2.05, 4.69) is 5.43 Å². The van der Waals surface area contributed by atoms with Crippen molar-refractivity contribution in [3.8, 4) is 17.2 Å². The number of benzene rings is 3. The van der Waals surface area contributed by atoms with Crippen LogP contribution in [0.2, 0.25) is 10.0 Å². The predicted molar refractivity (Wildman–Crippen MR) is 154 cm³/mol. The van der Waals surface area contributed by atoms with Gasteiger partial charge in [0.2, 0.25) is 0 Å². The molecule has 0 aromatic heterocycles. The zero-order valence-electron chi connectivity index (χ0n) is 20.3. The second kappa shape index (κ2) is 12.5. The van der Waals surface area contributed by atoms with Crippen molar-refractivity contribution in [3.63, 3.8) is 0 Å². The number of thiocarbonyl (C=S) groups is 1. The number of nitrogens with one attached hydrogen (secondary N) is 1. The first-order chi connectivity index (χ1) is 18.3. The van der Waals surface area contributed by atoms with E-state index in [1.165, 1.54) is 7.11 Å². The number of hydrogen-bond acceptors (Lipinski definition) is 7. The standard InChI is InChI=1S/C27H22Cl2N2O5S2/c1-3-35-23-13-16(5-11-22(23)36-15-17-4-10-20(28)21(29)12-17)14-24-26(33)31(27(37)38-24)30-25(32)18-6-8-19(34-2)9-7-18/h4-14H,3,15H2,1-2H3,(H,30,32)/b24-14+. The number of carbonyl (C=O) groups is 2. The quantitative estimate of drug-likeness (QED) is 0.225. The number of nitrogens with zero attached hydrogens (tertiary/aromatic N) is 1. The molecule has 2 amide bonds. The number of halogens is 2. The summed E-state index contributed by atoms with van der Waals surface area (Å²) in [6.45, 7) is 2.56. The van der Waals surface area contributed by atoms with Crippen LogP contribution in [0.25, 0.3) is 6.08 Å². The van der Waals surface area contributed by atoms with Crippen molar-refractivity contribution in [2.24, 2.45) is 0 Å². The molecule has 0 bridgehead atoms. The molecule has 1 saturated heterocycles. The van der Waals surface area contributed by atoms with E-state index in [0.717, 1.165) is 22.3 Å². The van der Waals surface area contributed by atoms with Gasteiger partial charge in [0.1, 0.15) is 12.4 Å². The Balaban J connectivity index is 1.47. The van der Waals surface area contributed by atoms with E-state index in [0.29, 0.717) is 49.9 Å². The highest BCUT2D eigenvalue weighted by atomic mass is 35.5. The molecule has 0 spiro atoms. The molecule has 0 saturated carbocycles. The highest BCUT2D eigenvalue weighted by Gasteiger charge is 2.33. The minimum absolute atomic E-state index is 0.217. The van der Waals surface area contributed by atoms with Crippen molar-refractivity contribution in [2.45, 2.75) is 13.5 Å². The van der Waals surface area contributed by atoms with Gasteiger partial charge in [0.25, 0.3) is 11.8 Å². The van der Waals surface area contributed by atoms with Crippen LogP contribution < -0.4 is 19.6 Å². The van der Waals surface area contributed by atoms with E-state index in [1.54, 1.807) is 60.7 Å². The lowest BCUT2D eigenvalue weighted by Crippen LogP contribution is -2.44. The van der Waals surface area contributed by atoms with Crippen LogP contribution in [0.5, 0.6) is 17.2 Å². The fraction of sp³-hybridized carbons (Fsp3) is 0.148. The highest BCUT2D eigenvalue weighted by molar-refractivity contribution is 8.26. The number of rotatable bonds is 9. The van der Waals surface area contributed by atoms with E-state index < -0.39 is 11.8 Å². The Hall–Kier alpha value is -3.24. The minimum Gasteiger partial charge on any atom is -0.497 e. The molecule has 38 heavy (non-hydrogen) atoms. The summed E-state index contributed by atoms with van der Waals surface area (Å²) in [5.41, 5.74) is 4.49. The molecular weight excluding hydrogens is 567 g/mol. The summed E-state index contributed by atoms with van der Waals surface area (Å²) < 4.78 is 17.0. The third-order valence-corrected chi connectivity index (χ3v) is 7.34. The Labute approximate surface area is 239 Å². The number of ether oxygens (including phenoxy) is 3. The monoisotopic (exact) mass is 588 g/mol. The maximum absolute atomic E-state index is 13.0. The van der Waals surface area contributed by atoms with Gasteiger partial charge >= 0.3 is 0 Å². The lowest BCUT2D eigenvalue weighted by molar-refractivity contribution is -0.123. The molecule has 1 aliphatic rings. The Bertz CT molecular complexity index is 1410. The predicted octanol–water partition coefficient (Wildman–Crippen LogP) is 6.53. The molecule has 0 radical (unpaired) electrons. The van der Waals surface area contributed by atoms with Gasteiger partial charge in [-0.05, 0) is 84.9 Å². The van der Waals surface area contributed by atoms with Crippen LogP contribution in [-0.4, -0.2) is 34.9 Å². The second-order valence-corrected chi connectivity index (χ2v) is 10.4. The molecule has 11 heteroatoms. The third-order valence-electron chi connectivity index (χ3n) is 5.30. The molecule has 3 aromatic carbocycles. The van der Waals surface area contributed by atoms with Gasteiger partial charge in [0.05, 0.1) is 28.7 Å². The fourth-order valence-electron chi connectivity index (χ4n) is 3.42. The molecule has 196 valence electrons. The molecule has 1 fully saturated rings. The molecule has 4 rings (SSSR count). The van der Waals surface area contributed by atoms with Gasteiger partial charge < -0.3 is 14.2 Å². The summed E-state index contributed by atoms with van der Waals surface area (Å²) in [6, 6.07) is 17.1. The maximum Gasteiger partial charge on any atom is 0.285 e. The normalized spacial score (nSPS) is 14.1. The molecule has 3 aromatic rings. The van der Waals surface area contributed by atoms with Crippen LogP contribution >= 0.6 is 47.2 Å².